The fourth-order valence-electron chi connectivity index (χ4n) is 1.82. The number of thioether (sulfide) groups is 1. The summed E-state index contributed by atoms with van der Waals surface area (Å²) in [5, 5.41) is 9.46. The molecule has 2 rings (SSSR count). The van der Waals surface area contributed by atoms with Gasteiger partial charge in [-0.3, -0.25) is 0 Å². The van der Waals surface area contributed by atoms with Crippen molar-refractivity contribution in [2.75, 3.05) is 5.75 Å². The molecule has 20 heavy (non-hydrogen) atoms. The second-order valence-corrected chi connectivity index (χ2v) is 5.82. The van der Waals surface area contributed by atoms with Gasteiger partial charge in [0.1, 0.15) is 5.44 Å². The maximum Gasteiger partial charge on any atom is 0.128 e. The van der Waals surface area contributed by atoms with Crippen LogP contribution in [0.4, 0.5) is 0 Å². The van der Waals surface area contributed by atoms with Gasteiger partial charge >= 0.3 is 0 Å². The van der Waals surface area contributed by atoms with Crippen molar-refractivity contribution < 1.29 is 9.84 Å². The number of hydrogen-bond donors (Lipinski definition) is 1. The van der Waals surface area contributed by atoms with Gasteiger partial charge in [0.2, 0.25) is 0 Å². The number of ether oxygens (including phenoxy) is 1. The number of rotatable bonds is 7. The molecule has 106 valence electrons. The van der Waals surface area contributed by atoms with Gasteiger partial charge in [-0.25, -0.2) is 0 Å². The van der Waals surface area contributed by atoms with E-state index in [4.69, 9.17) is 4.74 Å². The molecule has 3 heteroatoms. The van der Waals surface area contributed by atoms with Crippen molar-refractivity contribution in [3.63, 3.8) is 0 Å². The Balaban J connectivity index is 1.99. The molecule has 2 aromatic rings. The minimum absolute atomic E-state index is 0.0500. The van der Waals surface area contributed by atoms with Gasteiger partial charge in [0.25, 0.3) is 0 Å². The van der Waals surface area contributed by atoms with E-state index in [9.17, 15) is 5.11 Å². The summed E-state index contributed by atoms with van der Waals surface area (Å²) in [5.74, 6) is 0.661. The summed E-state index contributed by atoms with van der Waals surface area (Å²) < 4.78 is 6.02. The lowest BCUT2D eigenvalue weighted by Crippen LogP contribution is -2.08. The SMILES string of the molecule is CC(O)CSC(OCc1ccccc1)c1ccccc1. The Morgan fingerprint density at radius 1 is 1.00 bits per heavy atom. The number of hydrogen-bond acceptors (Lipinski definition) is 3. The maximum absolute atomic E-state index is 9.46. The molecule has 0 aliphatic carbocycles. The van der Waals surface area contributed by atoms with Crippen molar-refractivity contribution in [2.45, 2.75) is 25.1 Å². The number of aliphatic hydroxyl groups excluding tert-OH is 1. The van der Waals surface area contributed by atoms with E-state index in [1.165, 1.54) is 0 Å². The third-order valence-electron chi connectivity index (χ3n) is 2.80. The summed E-state index contributed by atoms with van der Waals surface area (Å²) in [5.41, 5.74) is 2.24. The topological polar surface area (TPSA) is 29.5 Å². The summed E-state index contributed by atoms with van der Waals surface area (Å²) in [6.07, 6.45) is -0.327. The highest BCUT2D eigenvalue weighted by atomic mass is 32.2. The number of benzene rings is 2. The molecule has 2 unspecified atom stereocenters. The van der Waals surface area contributed by atoms with Crippen LogP contribution in [0.15, 0.2) is 60.7 Å². The molecular weight excluding hydrogens is 268 g/mol. The molecule has 2 aromatic carbocycles. The van der Waals surface area contributed by atoms with E-state index in [0.29, 0.717) is 12.4 Å². The molecule has 0 saturated heterocycles. The van der Waals surface area contributed by atoms with Crippen molar-refractivity contribution >= 4 is 11.8 Å². The first-order chi connectivity index (χ1) is 9.75. The van der Waals surface area contributed by atoms with Crippen LogP contribution in [0, 0.1) is 0 Å². The largest absolute Gasteiger partial charge is 0.393 e. The van der Waals surface area contributed by atoms with E-state index in [0.717, 1.165) is 11.1 Å². The highest BCUT2D eigenvalue weighted by Crippen LogP contribution is 2.31. The summed E-state index contributed by atoms with van der Waals surface area (Å²) >= 11 is 1.63. The molecule has 0 aliphatic rings. The molecule has 0 amide bonds. The van der Waals surface area contributed by atoms with Crippen LogP contribution in [0.2, 0.25) is 0 Å². The van der Waals surface area contributed by atoms with E-state index in [2.05, 4.69) is 24.3 Å². The monoisotopic (exact) mass is 288 g/mol. The Kier molecular flexibility index (Phi) is 6.12. The van der Waals surface area contributed by atoms with Crippen LogP contribution >= 0.6 is 11.8 Å². The third-order valence-corrected chi connectivity index (χ3v) is 4.19. The van der Waals surface area contributed by atoms with Crippen molar-refractivity contribution in [1.29, 1.82) is 0 Å². The van der Waals surface area contributed by atoms with E-state index >= 15 is 0 Å². The first kappa shape index (κ1) is 15.1. The molecule has 0 radical (unpaired) electrons. The van der Waals surface area contributed by atoms with Gasteiger partial charge in [-0.05, 0) is 18.1 Å². The van der Waals surface area contributed by atoms with Gasteiger partial charge in [0.05, 0.1) is 12.7 Å². The third kappa shape index (κ3) is 5.00. The molecule has 0 spiro atoms. The molecule has 0 saturated carbocycles. The average molecular weight is 288 g/mol. The van der Waals surface area contributed by atoms with Crippen molar-refractivity contribution in [2.24, 2.45) is 0 Å². The molecule has 2 atom stereocenters. The minimum Gasteiger partial charge on any atom is -0.393 e. The van der Waals surface area contributed by atoms with Gasteiger partial charge in [-0.2, -0.15) is 0 Å². The van der Waals surface area contributed by atoms with Gasteiger partial charge in [-0.15, -0.1) is 11.8 Å². The second kappa shape index (κ2) is 8.10. The molecule has 0 bridgehead atoms. The first-order valence-electron chi connectivity index (χ1n) is 6.76. The smallest absolute Gasteiger partial charge is 0.128 e. The lowest BCUT2D eigenvalue weighted by atomic mass is 10.2. The lowest BCUT2D eigenvalue weighted by Gasteiger charge is -2.19. The van der Waals surface area contributed by atoms with Gasteiger partial charge in [0, 0.05) is 5.75 Å². The Bertz CT molecular complexity index is 485. The van der Waals surface area contributed by atoms with Gasteiger partial charge < -0.3 is 9.84 Å². The summed E-state index contributed by atoms with van der Waals surface area (Å²) in [6.45, 7) is 2.37. The van der Waals surface area contributed by atoms with Crippen LogP contribution in [-0.2, 0) is 11.3 Å². The van der Waals surface area contributed by atoms with Crippen LogP contribution in [0.3, 0.4) is 0 Å². The summed E-state index contributed by atoms with van der Waals surface area (Å²) in [7, 11) is 0. The molecule has 0 fully saturated rings. The van der Waals surface area contributed by atoms with Crippen LogP contribution in [0.25, 0.3) is 0 Å². The molecule has 0 heterocycles. The van der Waals surface area contributed by atoms with Gasteiger partial charge in [0.15, 0.2) is 0 Å². The Morgan fingerprint density at radius 2 is 1.60 bits per heavy atom. The van der Waals surface area contributed by atoms with E-state index in [-0.39, 0.29) is 11.5 Å². The lowest BCUT2D eigenvalue weighted by molar-refractivity contribution is 0.0986. The molecule has 0 aromatic heterocycles. The zero-order valence-electron chi connectivity index (χ0n) is 11.6. The van der Waals surface area contributed by atoms with Crippen molar-refractivity contribution in [3.8, 4) is 0 Å². The fourth-order valence-corrected chi connectivity index (χ4v) is 2.79. The van der Waals surface area contributed by atoms with E-state index in [1.54, 1.807) is 18.7 Å². The second-order valence-electron chi connectivity index (χ2n) is 4.72. The quantitative estimate of drug-likeness (QED) is 0.780. The molecule has 0 aliphatic heterocycles. The number of aliphatic hydroxyl groups is 1. The highest BCUT2D eigenvalue weighted by molar-refractivity contribution is 7.99. The zero-order chi connectivity index (χ0) is 14.2. The first-order valence-corrected chi connectivity index (χ1v) is 7.80. The summed E-state index contributed by atoms with van der Waals surface area (Å²) in [4.78, 5) is 0. The Hall–Kier alpha value is -1.29. The van der Waals surface area contributed by atoms with Gasteiger partial charge in [-0.1, -0.05) is 60.7 Å². The Labute approximate surface area is 124 Å². The standard InChI is InChI=1S/C17H20O2S/c1-14(18)13-20-17(16-10-6-3-7-11-16)19-12-15-8-4-2-5-9-15/h2-11,14,17-18H,12-13H2,1H3. The van der Waals surface area contributed by atoms with Crippen LogP contribution in [-0.4, -0.2) is 17.0 Å². The zero-order valence-corrected chi connectivity index (χ0v) is 12.4. The van der Waals surface area contributed by atoms with Crippen LogP contribution < -0.4 is 0 Å². The molecule has 2 nitrogen and oxygen atoms in total. The fraction of sp³-hybridized carbons (Fsp3) is 0.294. The van der Waals surface area contributed by atoms with E-state index in [1.807, 2.05) is 36.4 Å². The van der Waals surface area contributed by atoms with Crippen LogP contribution in [0.5, 0.6) is 0 Å². The van der Waals surface area contributed by atoms with Crippen molar-refractivity contribution in [3.05, 3.63) is 71.8 Å². The van der Waals surface area contributed by atoms with E-state index < -0.39 is 0 Å². The highest BCUT2D eigenvalue weighted by Gasteiger charge is 2.13. The average Bonchev–Trinajstić information content (AvgIpc) is 2.49. The maximum atomic E-state index is 9.46. The molecular formula is C17H20O2S. The summed E-state index contributed by atoms with van der Waals surface area (Å²) in [6, 6.07) is 20.3. The molecule has 1 N–H and O–H groups in total. The minimum atomic E-state index is -0.327. The normalized spacial score (nSPS) is 13.9. The predicted octanol–water partition coefficient (Wildman–Crippen LogP) is 4.02. The predicted molar refractivity (Wildman–Crippen MR) is 84.6 cm³/mol. The Morgan fingerprint density at radius 3 is 2.20 bits per heavy atom. The van der Waals surface area contributed by atoms with Crippen LogP contribution in [0.1, 0.15) is 23.5 Å². The van der Waals surface area contributed by atoms with Crippen molar-refractivity contribution in [1.82, 2.24) is 0 Å².